The number of rotatable bonds is 7. The molecule has 0 N–H and O–H groups in total. The van der Waals surface area contributed by atoms with Crippen molar-refractivity contribution in [2.75, 3.05) is 27.3 Å². The van der Waals surface area contributed by atoms with Gasteiger partial charge in [-0.1, -0.05) is 42.2 Å². The van der Waals surface area contributed by atoms with Crippen LogP contribution in [0.15, 0.2) is 61.2 Å². The minimum atomic E-state index is 0.663. The molecule has 124 valence electrons. The summed E-state index contributed by atoms with van der Waals surface area (Å²) >= 11 is 0. The molecule has 0 aliphatic rings. The van der Waals surface area contributed by atoms with Crippen LogP contribution in [-0.2, 0) is 6.54 Å². The van der Waals surface area contributed by atoms with Crippen molar-refractivity contribution < 1.29 is 9.47 Å². The Balaban J connectivity index is 2.08. The number of nitrogens with zero attached hydrogens (tertiary/aromatic N) is 1. The van der Waals surface area contributed by atoms with Crippen LogP contribution in [0.2, 0.25) is 0 Å². The SMILES string of the molecule is C=CCN(CC#Cc1ccccc1)Cc1ccc(OC)cc1OC. The summed E-state index contributed by atoms with van der Waals surface area (Å²) in [5.74, 6) is 8.02. The summed E-state index contributed by atoms with van der Waals surface area (Å²) in [5, 5.41) is 0. The van der Waals surface area contributed by atoms with Crippen molar-refractivity contribution >= 4 is 0 Å². The molecule has 2 rings (SSSR count). The Bertz CT molecular complexity index is 714. The zero-order valence-corrected chi connectivity index (χ0v) is 14.3. The maximum atomic E-state index is 5.47. The fourth-order valence-corrected chi connectivity index (χ4v) is 2.37. The van der Waals surface area contributed by atoms with Gasteiger partial charge >= 0.3 is 0 Å². The molecule has 0 atom stereocenters. The van der Waals surface area contributed by atoms with E-state index in [-0.39, 0.29) is 0 Å². The van der Waals surface area contributed by atoms with E-state index in [1.54, 1.807) is 14.2 Å². The lowest BCUT2D eigenvalue weighted by Gasteiger charge is -2.19. The van der Waals surface area contributed by atoms with Crippen molar-refractivity contribution in [2.45, 2.75) is 6.54 Å². The van der Waals surface area contributed by atoms with E-state index in [1.807, 2.05) is 54.6 Å². The molecule has 0 fully saturated rings. The van der Waals surface area contributed by atoms with Gasteiger partial charge in [0.25, 0.3) is 0 Å². The third-order valence-corrected chi connectivity index (χ3v) is 3.58. The second-order valence-electron chi connectivity index (χ2n) is 5.30. The van der Waals surface area contributed by atoms with Crippen LogP contribution in [0, 0.1) is 11.8 Å². The first-order valence-electron chi connectivity index (χ1n) is 7.85. The fraction of sp³-hybridized carbons (Fsp3) is 0.238. The Kier molecular flexibility index (Phi) is 6.94. The molecule has 0 saturated carbocycles. The molecule has 0 radical (unpaired) electrons. The lowest BCUT2D eigenvalue weighted by molar-refractivity contribution is 0.320. The van der Waals surface area contributed by atoms with Crippen LogP contribution in [0.3, 0.4) is 0 Å². The minimum Gasteiger partial charge on any atom is -0.497 e. The zero-order valence-electron chi connectivity index (χ0n) is 14.3. The van der Waals surface area contributed by atoms with Crippen LogP contribution in [0.4, 0.5) is 0 Å². The maximum absolute atomic E-state index is 5.47. The van der Waals surface area contributed by atoms with Gasteiger partial charge in [-0.3, -0.25) is 4.90 Å². The van der Waals surface area contributed by atoms with Crippen LogP contribution in [0.25, 0.3) is 0 Å². The molecule has 0 spiro atoms. The van der Waals surface area contributed by atoms with E-state index in [4.69, 9.17) is 9.47 Å². The number of hydrogen-bond donors (Lipinski definition) is 0. The third-order valence-electron chi connectivity index (χ3n) is 3.58. The average molecular weight is 321 g/mol. The molecule has 0 aromatic heterocycles. The second-order valence-corrected chi connectivity index (χ2v) is 5.30. The molecule has 0 amide bonds. The Morgan fingerprint density at radius 3 is 2.54 bits per heavy atom. The lowest BCUT2D eigenvalue weighted by atomic mass is 10.1. The Labute approximate surface area is 144 Å². The van der Waals surface area contributed by atoms with E-state index < -0.39 is 0 Å². The minimum absolute atomic E-state index is 0.663. The normalized spacial score (nSPS) is 9.96. The second kappa shape index (κ2) is 9.44. The van der Waals surface area contributed by atoms with Gasteiger partial charge in [0.1, 0.15) is 11.5 Å². The molecule has 3 heteroatoms. The molecule has 0 aliphatic heterocycles. The molecule has 0 saturated heterocycles. The number of benzene rings is 2. The Morgan fingerprint density at radius 1 is 1.08 bits per heavy atom. The molecule has 0 heterocycles. The Hall–Kier alpha value is -2.70. The molecule has 0 unspecified atom stereocenters. The van der Waals surface area contributed by atoms with Crippen LogP contribution >= 0.6 is 0 Å². The zero-order chi connectivity index (χ0) is 17.2. The summed E-state index contributed by atoms with van der Waals surface area (Å²) in [6.45, 7) is 6.00. The van der Waals surface area contributed by atoms with E-state index in [0.717, 1.165) is 35.7 Å². The van der Waals surface area contributed by atoms with Crippen LogP contribution in [-0.4, -0.2) is 32.2 Å². The molecule has 0 bridgehead atoms. The molecular formula is C21H23NO2. The van der Waals surface area contributed by atoms with Crippen molar-refractivity contribution in [1.82, 2.24) is 4.90 Å². The number of ether oxygens (including phenoxy) is 2. The van der Waals surface area contributed by atoms with Crippen molar-refractivity contribution in [3.63, 3.8) is 0 Å². The van der Waals surface area contributed by atoms with E-state index in [1.165, 1.54) is 0 Å². The van der Waals surface area contributed by atoms with Gasteiger partial charge in [0.15, 0.2) is 0 Å². The smallest absolute Gasteiger partial charge is 0.127 e. The standard InChI is InChI=1S/C21H23NO2/c1-4-14-22(15-8-11-18-9-6-5-7-10-18)17-19-12-13-20(23-2)16-21(19)24-3/h4-7,9-10,12-13,16H,1,14-15,17H2,2-3H3. The molecule has 24 heavy (non-hydrogen) atoms. The first-order chi connectivity index (χ1) is 11.8. The van der Waals surface area contributed by atoms with Crippen molar-refractivity contribution in [3.05, 3.63) is 72.3 Å². The van der Waals surface area contributed by atoms with Gasteiger partial charge in [-0.25, -0.2) is 0 Å². The van der Waals surface area contributed by atoms with Crippen LogP contribution in [0.1, 0.15) is 11.1 Å². The summed E-state index contributed by atoms with van der Waals surface area (Å²) in [6, 6.07) is 15.9. The third kappa shape index (κ3) is 5.19. The first-order valence-corrected chi connectivity index (χ1v) is 7.85. The van der Waals surface area contributed by atoms with Gasteiger partial charge in [0.05, 0.1) is 20.8 Å². The monoisotopic (exact) mass is 321 g/mol. The largest absolute Gasteiger partial charge is 0.497 e. The van der Waals surface area contributed by atoms with Gasteiger partial charge in [-0.05, 0) is 18.2 Å². The predicted octanol–water partition coefficient (Wildman–Crippen LogP) is 3.74. The highest BCUT2D eigenvalue weighted by Crippen LogP contribution is 2.25. The van der Waals surface area contributed by atoms with Crippen molar-refractivity contribution in [3.8, 4) is 23.3 Å². The maximum Gasteiger partial charge on any atom is 0.127 e. The Morgan fingerprint density at radius 2 is 1.88 bits per heavy atom. The van der Waals surface area contributed by atoms with Gasteiger partial charge in [0.2, 0.25) is 0 Å². The van der Waals surface area contributed by atoms with E-state index in [2.05, 4.69) is 23.3 Å². The van der Waals surface area contributed by atoms with Crippen LogP contribution in [0.5, 0.6) is 11.5 Å². The van der Waals surface area contributed by atoms with Gasteiger partial charge in [0, 0.05) is 30.3 Å². The topological polar surface area (TPSA) is 21.7 Å². The van der Waals surface area contributed by atoms with E-state index >= 15 is 0 Å². The average Bonchev–Trinajstić information content (AvgIpc) is 2.63. The summed E-state index contributed by atoms with van der Waals surface area (Å²) < 4.78 is 10.7. The quantitative estimate of drug-likeness (QED) is 0.573. The lowest BCUT2D eigenvalue weighted by Crippen LogP contribution is -2.24. The number of methoxy groups -OCH3 is 2. The van der Waals surface area contributed by atoms with Crippen molar-refractivity contribution in [2.24, 2.45) is 0 Å². The molecular weight excluding hydrogens is 298 g/mol. The van der Waals surface area contributed by atoms with Crippen molar-refractivity contribution in [1.29, 1.82) is 0 Å². The highest BCUT2D eigenvalue weighted by Gasteiger charge is 2.09. The highest BCUT2D eigenvalue weighted by atomic mass is 16.5. The summed E-state index contributed by atoms with van der Waals surface area (Å²) in [5.41, 5.74) is 2.12. The summed E-state index contributed by atoms with van der Waals surface area (Å²) in [4.78, 5) is 2.22. The molecule has 0 aliphatic carbocycles. The predicted molar refractivity (Wildman–Crippen MR) is 98.3 cm³/mol. The van der Waals surface area contributed by atoms with E-state index in [9.17, 15) is 0 Å². The molecule has 2 aromatic rings. The molecule has 2 aromatic carbocycles. The summed E-state index contributed by atoms with van der Waals surface area (Å²) in [7, 11) is 3.32. The number of hydrogen-bond acceptors (Lipinski definition) is 3. The highest BCUT2D eigenvalue weighted by molar-refractivity contribution is 5.41. The van der Waals surface area contributed by atoms with E-state index in [0.29, 0.717) is 6.54 Å². The van der Waals surface area contributed by atoms with Gasteiger partial charge in [-0.15, -0.1) is 6.58 Å². The first kappa shape index (κ1) is 17.7. The van der Waals surface area contributed by atoms with Gasteiger partial charge < -0.3 is 9.47 Å². The van der Waals surface area contributed by atoms with Gasteiger partial charge in [-0.2, -0.15) is 0 Å². The summed E-state index contributed by atoms with van der Waals surface area (Å²) in [6.07, 6.45) is 1.89. The molecule has 3 nitrogen and oxygen atoms in total. The fourth-order valence-electron chi connectivity index (χ4n) is 2.37. The van der Waals surface area contributed by atoms with Crippen LogP contribution < -0.4 is 9.47 Å².